The number of aliphatic hydroxyl groups is 4. The third-order valence-electron chi connectivity index (χ3n) is 7.14. The van der Waals surface area contributed by atoms with Crippen LogP contribution in [-0.2, 0) is 4.79 Å². The minimum absolute atomic E-state index is 0.0179. The molecule has 0 aliphatic heterocycles. The number of quaternary nitrogens is 2. The van der Waals surface area contributed by atoms with Crippen LogP contribution in [0.3, 0.4) is 0 Å². The summed E-state index contributed by atoms with van der Waals surface area (Å²) in [4.78, 5) is 17.2. The number of aliphatic imine (C=N–C) groups is 1. The highest BCUT2D eigenvalue weighted by atomic mass is 16.6. The molecule has 2 aromatic carbocycles. The Balaban J connectivity index is 1.59. The molecule has 9 N–H and O–H groups in total. The molecule has 0 spiro atoms. The average Bonchev–Trinajstić information content (AvgIpc) is 2.98. The van der Waals surface area contributed by atoms with Crippen molar-refractivity contribution in [2.75, 3.05) is 94.7 Å². The second-order valence-corrected chi connectivity index (χ2v) is 10.5. The predicted molar refractivity (Wildman–Crippen MR) is 171 cm³/mol. The van der Waals surface area contributed by atoms with Gasteiger partial charge in [-0.2, -0.15) is 0 Å². The van der Waals surface area contributed by atoms with Gasteiger partial charge in [-0.1, -0.05) is 0 Å². The Hall–Kier alpha value is -3.86. The topological polar surface area (TPSA) is 219 Å². The monoisotopic (exact) mass is 613 g/mol. The summed E-state index contributed by atoms with van der Waals surface area (Å²) < 4.78 is -1.36. The number of allylic oxidation sites excluding steroid dienone is 2. The molecule has 0 unspecified atom stereocenters. The molecule has 14 heteroatoms. The van der Waals surface area contributed by atoms with E-state index in [9.17, 15) is 15.2 Å². The molecule has 0 radical (unpaired) electrons. The fourth-order valence-electron chi connectivity index (χ4n) is 4.61. The van der Waals surface area contributed by atoms with Crippen molar-refractivity contribution in [2.24, 2.45) is 10.7 Å². The van der Waals surface area contributed by atoms with Gasteiger partial charge in [0.15, 0.2) is 0 Å². The van der Waals surface area contributed by atoms with Crippen molar-refractivity contribution < 1.29 is 34.5 Å². The zero-order valence-electron chi connectivity index (χ0n) is 24.7. The first-order valence-corrected chi connectivity index (χ1v) is 14.5. The lowest BCUT2D eigenvalue weighted by atomic mass is 10.1. The highest BCUT2D eigenvalue weighted by Gasteiger charge is 2.18. The van der Waals surface area contributed by atoms with Gasteiger partial charge in [0.2, 0.25) is 5.78 Å². The standard InChI is InChI=1S/C30H43N7O7/c31-27-21-30(42)29(35-26-7-3-24(4-8-26)33-10-12-37(44,15-19-40)16-20-41)22-28(27)34-25-5-1-23(2-6-25)32-9-11-36(43,13-17-38)14-18-39/h1-8,21-22,32-33,35,38-41H,9-20,31H2. The van der Waals surface area contributed by atoms with Gasteiger partial charge in [-0.3, -0.25) is 4.79 Å². The summed E-state index contributed by atoms with van der Waals surface area (Å²) in [5.74, 6) is -0.296. The van der Waals surface area contributed by atoms with Crippen LogP contribution in [0, 0.1) is 10.4 Å². The van der Waals surface area contributed by atoms with Gasteiger partial charge in [-0.25, -0.2) is 4.99 Å². The Morgan fingerprint density at radius 2 is 1.09 bits per heavy atom. The zero-order chi connectivity index (χ0) is 32.0. The molecule has 0 saturated heterocycles. The van der Waals surface area contributed by atoms with Crippen LogP contribution >= 0.6 is 0 Å². The number of hydroxylamine groups is 6. The van der Waals surface area contributed by atoms with E-state index in [-0.39, 0.29) is 77.2 Å². The van der Waals surface area contributed by atoms with Crippen LogP contribution in [0.2, 0.25) is 0 Å². The van der Waals surface area contributed by atoms with Crippen molar-refractivity contribution in [3.05, 3.63) is 82.5 Å². The van der Waals surface area contributed by atoms with Gasteiger partial charge in [0.1, 0.15) is 26.2 Å². The number of anilines is 3. The molecule has 2 aromatic rings. The molecule has 44 heavy (non-hydrogen) atoms. The maximum Gasteiger partial charge on any atom is 0.204 e. The van der Waals surface area contributed by atoms with Crippen LogP contribution < -0.4 is 21.7 Å². The molecular weight excluding hydrogens is 570 g/mol. The van der Waals surface area contributed by atoms with E-state index >= 15 is 0 Å². The number of hydrogen-bond acceptors (Lipinski definition) is 12. The average molecular weight is 614 g/mol. The minimum Gasteiger partial charge on any atom is -0.633 e. The fraction of sp³-hybridized carbons (Fsp3) is 0.400. The lowest BCUT2D eigenvalue weighted by Crippen LogP contribution is -2.49. The summed E-state index contributed by atoms with van der Waals surface area (Å²) in [7, 11) is 0. The van der Waals surface area contributed by atoms with Gasteiger partial charge >= 0.3 is 0 Å². The molecule has 0 amide bonds. The molecule has 1 aliphatic carbocycles. The van der Waals surface area contributed by atoms with Gasteiger partial charge in [-0.15, -0.1) is 0 Å². The predicted octanol–water partition coefficient (Wildman–Crippen LogP) is 0.603. The first-order chi connectivity index (χ1) is 21.1. The highest BCUT2D eigenvalue weighted by molar-refractivity contribution is 6.23. The number of nitrogens with two attached hydrogens (primary N) is 1. The van der Waals surface area contributed by atoms with Crippen LogP contribution in [0.15, 0.2) is 77.1 Å². The van der Waals surface area contributed by atoms with E-state index in [1.165, 1.54) is 6.08 Å². The number of rotatable bonds is 19. The van der Waals surface area contributed by atoms with Gasteiger partial charge in [0.05, 0.1) is 75.4 Å². The molecule has 0 saturated carbocycles. The maximum atomic E-state index is 12.6. The smallest absolute Gasteiger partial charge is 0.204 e. The number of hydrogen-bond donors (Lipinski definition) is 8. The Morgan fingerprint density at radius 1 is 0.659 bits per heavy atom. The Bertz CT molecular complexity index is 1290. The van der Waals surface area contributed by atoms with Gasteiger partial charge < -0.3 is 61.8 Å². The van der Waals surface area contributed by atoms with Crippen LogP contribution in [0.1, 0.15) is 0 Å². The van der Waals surface area contributed by atoms with Crippen molar-refractivity contribution in [2.45, 2.75) is 0 Å². The molecule has 14 nitrogen and oxygen atoms in total. The molecule has 0 aromatic heterocycles. The van der Waals surface area contributed by atoms with Crippen molar-refractivity contribution in [3.63, 3.8) is 0 Å². The van der Waals surface area contributed by atoms with E-state index in [1.807, 2.05) is 0 Å². The summed E-state index contributed by atoms with van der Waals surface area (Å²) in [6.45, 7) is 0.182. The summed E-state index contributed by atoms with van der Waals surface area (Å²) in [6.07, 6.45) is 2.89. The van der Waals surface area contributed by atoms with E-state index in [2.05, 4.69) is 20.9 Å². The number of aliphatic hydroxyl groups excluding tert-OH is 4. The summed E-state index contributed by atoms with van der Waals surface area (Å²) in [6, 6.07) is 14.3. The third kappa shape index (κ3) is 10.7. The lowest BCUT2D eigenvalue weighted by Gasteiger charge is -2.42. The number of carbonyl (C=O) groups is 1. The molecule has 0 fully saturated rings. The van der Waals surface area contributed by atoms with Crippen LogP contribution in [0.25, 0.3) is 0 Å². The largest absolute Gasteiger partial charge is 0.633 e. The van der Waals surface area contributed by atoms with E-state index in [4.69, 9.17) is 26.2 Å². The maximum absolute atomic E-state index is 12.6. The molecular formula is C30H43N7O7. The highest BCUT2D eigenvalue weighted by Crippen LogP contribution is 2.22. The summed E-state index contributed by atoms with van der Waals surface area (Å²) in [5.41, 5.74) is 9.84. The molecule has 1 aliphatic rings. The number of ketones is 1. The summed E-state index contributed by atoms with van der Waals surface area (Å²) in [5, 5.41) is 71.0. The minimum atomic E-state index is -0.682. The van der Waals surface area contributed by atoms with Gasteiger partial charge in [0, 0.05) is 23.1 Å². The SMILES string of the molecule is NC1=CC(=O)C(Nc2ccc(NCC[N+]([O-])(CCO)CCO)cc2)=CC1=Nc1ccc(NCC[N+]([O-])(CCO)CCO)cc1. The van der Waals surface area contributed by atoms with Gasteiger partial charge in [-0.05, 0) is 54.6 Å². The van der Waals surface area contributed by atoms with Crippen LogP contribution in [-0.4, -0.2) is 120 Å². The molecule has 0 bridgehead atoms. The molecule has 0 atom stereocenters. The Labute approximate surface area is 256 Å². The first kappa shape index (κ1) is 34.6. The first-order valence-electron chi connectivity index (χ1n) is 14.5. The number of nitrogens with one attached hydrogen (secondary N) is 3. The second-order valence-electron chi connectivity index (χ2n) is 10.5. The molecule has 3 rings (SSSR count). The molecule has 0 heterocycles. The Kier molecular flexibility index (Phi) is 13.3. The van der Waals surface area contributed by atoms with E-state index < -0.39 is 9.29 Å². The van der Waals surface area contributed by atoms with Crippen molar-refractivity contribution in [3.8, 4) is 0 Å². The molecule has 240 valence electrons. The van der Waals surface area contributed by atoms with Gasteiger partial charge in [0.25, 0.3) is 0 Å². The van der Waals surface area contributed by atoms with Crippen molar-refractivity contribution in [1.29, 1.82) is 0 Å². The number of carbonyl (C=O) groups excluding carboxylic acids is 1. The zero-order valence-corrected chi connectivity index (χ0v) is 24.7. The van der Waals surface area contributed by atoms with Crippen molar-refractivity contribution >= 4 is 34.2 Å². The summed E-state index contributed by atoms with van der Waals surface area (Å²) >= 11 is 0. The van der Waals surface area contributed by atoms with E-state index in [0.717, 1.165) is 11.4 Å². The normalized spacial score (nSPS) is 14.8. The van der Waals surface area contributed by atoms with Crippen LogP contribution in [0.5, 0.6) is 0 Å². The number of nitrogens with zero attached hydrogens (tertiary/aromatic N) is 3. The lowest BCUT2D eigenvalue weighted by molar-refractivity contribution is -0.879. The van der Waals surface area contributed by atoms with Crippen molar-refractivity contribution in [1.82, 2.24) is 0 Å². The van der Waals surface area contributed by atoms with E-state index in [1.54, 1.807) is 54.6 Å². The number of benzene rings is 2. The van der Waals surface area contributed by atoms with E-state index in [0.29, 0.717) is 35.9 Å². The quantitative estimate of drug-likeness (QED) is 0.0623. The third-order valence-corrected chi connectivity index (χ3v) is 7.14. The van der Waals surface area contributed by atoms with Crippen LogP contribution in [0.4, 0.5) is 22.7 Å². The fourth-order valence-corrected chi connectivity index (χ4v) is 4.61. The second kappa shape index (κ2) is 16.8. The Morgan fingerprint density at radius 3 is 1.55 bits per heavy atom.